The molecule has 1 aromatic heterocycles. The van der Waals surface area contributed by atoms with Crippen molar-refractivity contribution in [2.45, 2.75) is 57.0 Å². The molecule has 1 fully saturated rings. The fraction of sp³-hybridized carbons (Fsp3) is 0.500. The summed E-state index contributed by atoms with van der Waals surface area (Å²) in [5.41, 5.74) is 1.22. The summed E-state index contributed by atoms with van der Waals surface area (Å²) < 4.78 is 11.2. The van der Waals surface area contributed by atoms with Gasteiger partial charge in [0.15, 0.2) is 5.96 Å². The van der Waals surface area contributed by atoms with Gasteiger partial charge in [0.2, 0.25) is 0 Å². The van der Waals surface area contributed by atoms with Crippen molar-refractivity contribution in [2.24, 2.45) is 4.99 Å². The van der Waals surface area contributed by atoms with Crippen molar-refractivity contribution in [3.05, 3.63) is 54.0 Å². The Kier molecular flexibility index (Phi) is 5.97. The van der Waals surface area contributed by atoms with Crippen LogP contribution in [0.3, 0.4) is 0 Å². The molecular formula is C22H29N3O2. The van der Waals surface area contributed by atoms with Gasteiger partial charge in [0.1, 0.15) is 11.5 Å². The first kappa shape index (κ1) is 18.0. The minimum atomic E-state index is 0.230. The number of para-hydroxylation sites is 1. The quantitative estimate of drug-likeness (QED) is 0.614. The van der Waals surface area contributed by atoms with Crippen LogP contribution >= 0.6 is 0 Å². The van der Waals surface area contributed by atoms with Crippen molar-refractivity contribution in [1.82, 2.24) is 10.6 Å². The first-order valence-corrected chi connectivity index (χ1v) is 10.2. The monoisotopic (exact) mass is 367 g/mol. The zero-order chi connectivity index (χ0) is 18.3. The highest BCUT2D eigenvalue weighted by Crippen LogP contribution is 2.31. The van der Waals surface area contributed by atoms with Gasteiger partial charge in [-0.2, -0.15) is 0 Å². The van der Waals surface area contributed by atoms with E-state index in [4.69, 9.17) is 14.1 Å². The molecule has 1 aliphatic carbocycles. The molecule has 0 radical (unpaired) electrons. The van der Waals surface area contributed by atoms with E-state index in [1.54, 1.807) is 6.26 Å². The normalized spacial score (nSPS) is 20.6. The van der Waals surface area contributed by atoms with E-state index in [9.17, 15) is 0 Å². The molecule has 0 bridgehead atoms. The topological polar surface area (TPSA) is 58.8 Å². The average Bonchev–Trinajstić information content (AvgIpc) is 3.22. The third kappa shape index (κ3) is 4.85. The first-order chi connectivity index (χ1) is 13.4. The lowest BCUT2D eigenvalue weighted by Crippen LogP contribution is -2.46. The lowest BCUT2D eigenvalue weighted by atomic mass is 9.95. The van der Waals surface area contributed by atoms with Crippen LogP contribution in [0.2, 0.25) is 0 Å². The third-order valence-electron chi connectivity index (χ3n) is 5.42. The molecule has 5 heteroatoms. The van der Waals surface area contributed by atoms with Crippen molar-refractivity contribution in [3.63, 3.8) is 0 Å². The zero-order valence-corrected chi connectivity index (χ0v) is 15.8. The van der Waals surface area contributed by atoms with Gasteiger partial charge >= 0.3 is 0 Å². The van der Waals surface area contributed by atoms with Crippen LogP contribution in [0.1, 0.15) is 55.9 Å². The van der Waals surface area contributed by atoms with Crippen LogP contribution in [0.5, 0.6) is 5.75 Å². The Hall–Kier alpha value is -2.43. The second-order valence-electron chi connectivity index (χ2n) is 7.41. The van der Waals surface area contributed by atoms with Crippen molar-refractivity contribution in [3.8, 4) is 5.75 Å². The lowest BCUT2D eigenvalue weighted by Gasteiger charge is -2.30. The van der Waals surface area contributed by atoms with E-state index in [2.05, 4.69) is 22.8 Å². The maximum Gasteiger partial charge on any atom is 0.191 e. The highest BCUT2D eigenvalue weighted by molar-refractivity contribution is 5.80. The largest absolute Gasteiger partial charge is 0.493 e. The smallest absolute Gasteiger partial charge is 0.191 e. The fourth-order valence-electron chi connectivity index (χ4n) is 3.96. The van der Waals surface area contributed by atoms with Gasteiger partial charge in [-0.25, -0.2) is 0 Å². The van der Waals surface area contributed by atoms with Crippen LogP contribution in [-0.4, -0.2) is 25.2 Å². The molecule has 5 nitrogen and oxygen atoms in total. The molecule has 27 heavy (non-hydrogen) atoms. The number of benzene rings is 1. The summed E-state index contributed by atoms with van der Waals surface area (Å²) in [6.45, 7) is 1.44. The van der Waals surface area contributed by atoms with E-state index in [-0.39, 0.29) is 6.04 Å². The van der Waals surface area contributed by atoms with E-state index in [0.29, 0.717) is 12.6 Å². The van der Waals surface area contributed by atoms with Gasteiger partial charge in [0.05, 0.1) is 18.9 Å². The van der Waals surface area contributed by atoms with Crippen molar-refractivity contribution in [1.29, 1.82) is 0 Å². The summed E-state index contributed by atoms with van der Waals surface area (Å²) in [7, 11) is 0. The van der Waals surface area contributed by atoms with Gasteiger partial charge in [-0.05, 0) is 31.0 Å². The predicted molar refractivity (Wildman–Crippen MR) is 107 cm³/mol. The Balaban J connectivity index is 1.45. The van der Waals surface area contributed by atoms with Gasteiger partial charge in [-0.1, -0.05) is 37.5 Å². The zero-order valence-electron chi connectivity index (χ0n) is 15.8. The average molecular weight is 367 g/mol. The highest BCUT2D eigenvalue weighted by Gasteiger charge is 2.23. The van der Waals surface area contributed by atoms with Crippen molar-refractivity contribution < 1.29 is 9.15 Å². The summed E-state index contributed by atoms with van der Waals surface area (Å²) in [5.74, 6) is 2.87. The number of hydrogen-bond donors (Lipinski definition) is 2. The number of nitrogens with one attached hydrogen (secondary N) is 2. The molecule has 1 saturated carbocycles. The van der Waals surface area contributed by atoms with E-state index < -0.39 is 0 Å². The molecule has 1 atom stereocenters. The number of ether oxygens (including phenoxy) is 1. The highest BCUT2D eigenvalue weighted by atomic mass is 16.5. The minimum absolute atomic E-state index is 0.230. The first-order valence-electron chi connectivity index (χ1n) is 10.2. The number of rotatable bonds is 5. The number of guanidine groups is 1. The Morgan fingerprint density at radius 3 is 2.74 bits per heavy atom. The van der Waals surface area contributed by atoms with Crippen LogP contribution in [-0.2, 0) is 6.42 Å². The van der Waals surface area contributed by atoms with E-state index >= 15 is 0 Å². The molecular weight excluding hydrogens is 338 g/mol. The molecule has 0 spiro atoms. The van der Waals surface area contributed by atoms with Crippen LogP contribution in [0.4, 0.5) is 0 Å². The molecule has 2 aromatic rings. The van der Waals surface area contributed by atoms with E-state index in [0.717, 1.165) is 36.9 Å². The Labute approximate surface area is 161 Å². The van der Waals surface area contributed by atoms with Gasteiger partial charge in [0.25, 0.3) is 0 Å². The summed E-state index contributed by atoms with van der Waals surface area (Å²) in [5, 5.41) is 7.35. The minimum Gasteiger partial charge on any atom is -0.493 e. The molecule has 0 saturated heterocycles. The summed E-state index contributed by atoms with van der Waals surface area (Å²) in [6.07, 6.45) is 9.89. The summed E-state index contributed by atoms with van der Waals surface area (Å²) in [4.78, 5) is 4.85. The Bertz CT molecular complexity index is 736. The third-order valence-corrected chi connectivity index (χ3v) is 5.42. The second kappa shape index (κ2) is 8.98. The van der Waals surface area contributed by atoms with Crippen LogP contribution in [0.25, 0.3) is 0 Å². The molecule has 4 rings (SSSR count). The molecule has 144 valence electrons. The van der Waals surface area contributed by atoms with Crippen molar-refractivity contribution >= 4 is 5.96 Å². The van der Waals surface area contributed by atoms with E-state index in [1.807, 2.05) is 24.3 Å². The summed E-state index contributed by atoms with van der Waals surface area (Å²) in [6, 6.07) is 13.0. The van der Waals surface area contributed by atoms with Crippen molar-refractivity contribution in [2.75, 3.05) is 13.2 Å². The molecule has 1 unspecified atom stereocenters. The van der Waals surface area contributed by atoms with E-state index in [1.165, 1.54) is 37.7 Å². The van der Waals surface area contributed by atoms with Gasteiger partial charge < -0.3 is 19.8 Å². The maximum atomic E-state index is 5.80. The SMILES string of the molecule is c1coc(CCN=C(NC2CCCCC2)NC2CCOc3ccccc32)c1. The van der Waals surface area contributed by atoms with Gasteiger partial charge in [-0.3, -0.25) is 4.99 Å². The van der Waals surface area contributed by atoms with Crippen LogP contribution < -0.4 is 15.4 Å². The number of furan rings is 1. The maximum absolute atomic E-state index is 5.80. The molecule has 0 amide bonds. The molecule has 1 aliphatic heterocycles. The number of fused-ring (bicyclic) bond motifs is 1. The van der Waals surface area contributed by atoms with Gasteiger partial charge in [0, 0.05) is 31.0 Å². The van der Waals surface area contributed by atoms with Crippen LogP contribution in [0, 0.1) is 0 Å². The molecule has 2 aliphatic rings. The number of hydrogen-bond acceptors (Lipinski definition) is 3. The van der Waals surface area contributed by atoms with Crippen LogP contribution in [0.15, 0.2) is 52.1 Å². The van der Waals surface area contributed by atoms with Gasteiger partial charge in [-0.15, -0.1) is 0 Å². The second-order valence-corrected chi connectivity index (χ2v) is 7.41. The number of aliphatic imine (C=N–C) groups is 1. The lowest BCUT2D eigenvalue weighted by molar-refractivity contribution is 0.261. The Morgan fingerprint density at radius 1 is 1.00 bits per heavy atom. The predicted octanol–water partition coefficient (Wildman–Crippen LogP) is 4.21. The molecule has 2 heterocycles. The molecule has 2 N–H and O–H groups in total. The standard InChI is InChI=1S/C22H29N3O2/c1-2-7-17(8-3-1)24-22(23-14-12-18-9-6-15-26-18)25-20-13-16-27-21-11-5-4-10-19(20)21/h4-6,9-11,15,17,20H,1-3,7-8,12-14,16H2,(H2,23,24,25). The summed E-state index contributed by atoms with van der Waals surface area (Å²) >= 11 is 0. The fourth-order valence-corrected chi connectivity index (χ4v) is 3.96. The molecule has 1 aromatic carbocycles. The Morgan fingerprint density at radius 2 is 1.89 bits per heavy atom. The number of nitrogens with zero attached hydrogens (tertiary/aromatic N) is 1.